The van der Waals surface area contributed by atoms with E-state index >= 15 is 0 Å². The van der Waals surface area contributed by atoms with Gasteiger partial charge in [-0.25, -0.2) is 0 Å². The highest BCUT2D eigenvalue weighted by atomic mass is 79.9. The van der Waals surface area contributed by atoms with Gasteiger partial charge in [-0.15, -0.1) is 0 Å². The maximum Gasteiger partial charge on any atom is 0.253 e. The molecule has 3 heteroatoms. The Labute approximate surface area is 134 Å². The normalized spacial score (nSPS) is 10.5. The van der Waals surface area contributed by atoms with Crippen molar-refractivity contribution in [3.05, 3.63) is 68.7 Å². The predicted octanol–water partition coefficient (Wildman–Crippen LogP) is 4.65. The lowest BCUT2D eigenvalue weighted by Gasteiger charge is -2.19. The van der Waals surface area contributed by atoms with E-state index in [-0.39, 0.29) is 5.91 Å². The molecule has 2 aromatic carbocycles. The first kappa shape index (κ1) is 15.8. The van der Waals surface area contributed by atoms with E-state index < -0.39 is 0 Å². The molecule has 0 aliphatic carbocycles. The summed E-state index contributed by atoms with van der Waals surface area (Å²) in [6, 6.07) is 12.0. The van der Waals surface area contributed by atoms with E-state index in [1.165, 1.54) is 16.7 Å². The van der Waals surface area contributed by atoms with Gasteiger partial charge in [-0.05, 0) is 55.7 Å². The lowest BCUT2D eigenvalue weighted by atomic mass is 10.0. The average molecular weight is 346 g/mol. The third-order valence-electron chi connectivity index (χ3n) is 3.66. The number of hydrogen-bond donors (Lipinski definition) is 0. The van der Waals surface area contributed by atoms with Gasteiger partial charge in [0, 0.05) is 23.6 Å². The molecule has 21 heavy (non-hydrogen) atoms. The number of nitrogens with zero attached hydrogens (tertiary/aromatic N) is 1. The van der Waals surface area contributed by atoms with E-state index in [0.29, 0.717) is 6.54 Å². The molecule has 0 aliphatic rings. The van der Waals surface area contributed by atoms with Crippen LogP contribution in [0.1, 0.15) is 32.6 Å². The number of carbonyl (C=O) groups excluding carboxylic acids is 1. The lowest BCUT2D eigenvalue weighted by Crippen LogP contribution is -2.26. The Morgan fingerprint density at radius 2 is 1.76 bits per heavy atom. The van der Waals surface area contributed by atoms with Crippen LogP contribution in [0.25, 0.3) is 0 Å². The second-order valence-electron chi connectivity index (χ2n) is 5.56. The largest absolute Gasteiger partial charge is 0.337 e. The summed E-state index contributed by atoms with van der Waals surface area (Å²) in [5.41, 5.74) is 5.45. The first-order valence-corrected chi connectivity index (χ1v) is 7.75. The summed E-state index contributed by atoms with van der Waals surface area (Å²) in [7, 11) is 1.85. The Hall–Kier alpha value is -1.61. The Morgan fingerprint density at radius 1 is 1.05 bits per heavy atom. The summed E-state index contributed by atoms with van der Waals surface area (Å²) in [6.07, 6.45) is 0. The molecule has 0 N–H and O–H groups in total. The highest BCUT2D eigenvalue weighted by molar-refractivity contribution is 9.10. The van der Waals surface area contributed by atoms with Crippen LogP contribution in [-0.4, -0.2) is 17.9 Å². The standard InChI is InChI=1S/C18H20BrNO/c1-12-5-6-16(13(2)9-12)11-20(4)18(21)15-7-8-17(19)14(3)10-15/h5-10H,11H2,1-4H3. The summed E-state index contributed by atoms with van der Waals surface area (Å²) >= 11 is 3.46. The third kappa shape index (κ3) is 3.73. The fraction of sp³-hybridized carbons (Fsp3) is 0.278. The van der Waals surface area contributed by atoms with Crippen LogP contribution >= 0.6 is 15.9 Å². The molecule has 0 spiro atoms. The molecule has 0 aromatic heterocycles. The third-order valence-corrected chi connectivity index (χ3v) is 4.55. The molecule has 0 saturated carbocycles. The maximum atomic E-state index is 12.5. The molecule has 0 heterocycles. The molecule has 2 aromatic rings. The number of amides is 1. The van der Waals surface area contributed by atoms with E-state index in [0.717, 1.165) is 15.6 Å². The van der Waals surface area contributed by atoms with Crippen LogP contribution in [0, 0.1) is 20.8 Å². The van der Waals surface area contributed by atoms with Gasteiger partial charge in [0.15, 0.2) is 0 Å². The van der Waals surface area contributed by atoms with E-state index in [1.807, 2.05) is 32.2 Å². The van der Waals surface area contributed by atoms with Crippen LogP contribution < -0.4 is 0 Å². The van der Waals surface area contributed by atoms with Gasteiger partial charge in [0.25, 0.3) is 5.91 Å². The maximum absolute atomic E-state index is 12.5. The van der Waals surface area contributed by atoms with Crippen LogP contribution in [0.4, 0.5) is 0 Å². The minimum absolute atomic E-state index is 0.0468. The molecule has 0 radical (unpaired) electrons. The van der Waals surface area contributed by atoms with Gasteiger partial charge in [-0.1, -0.05) is 39.7 Å². The van der Waals surface area contributed by atoms with Crippen molar-refractivity contribution < 1.29 is 4.79 Å². The number of halogens is 1. The monoisotopic (exact) mass is 345 g/mol. The van der Waals surface area contributed by atoms with Crippen LogP contribution in [0.2, 0.25) is 0 Å². The van der Waals surface area contributed by atoms with Crippen LogP contribution in [-0.2, 0) is 6.54 Å². The molecular formula is C18H20BrNO. The van der Waals surface area contributed by atoms with Crippen molar-refractivity contribution >= 4 is 21.8 Å². The quantitative estimate of drug-likeness (QED) is 0.792. The summed E-state index contributed by atoms with van der Waals surface area (Å²) in [5, 5.41) is 0. The van der Waals surface area contributed by atoms with Crippen LogP contribution in [0.15, 0.2) is 40.9 Å². The molecule has 0 aliphatic heterocycles. The molecule has 0 atom stereocenters. The SMILES string of the molecule is Cc1ccc(CN(C)C(=O)c2ccc(Br)c(C)c2)c(C)c1. The van der Waals surface area contributed by atoms with Gasteiger partial charge in [-0.3, -0.25) is 4.79 Å². The minimum atomic E-state index is 0.0468. The Morgan fingerprint density at radius 3 is 2.38 bits per heavy atom. The second kappa shape index (κ2) is 6.44. The van der Waals surface area contributed by atoms with Gasteiger partial charge in [0.1, 0.15) is 0 Å². The van der Waals surface area contributed by atoms with Crippen molar-refractivity contribution in [3.8, 4) is 0 Å². The Kier molecular flexibility index (Phi) is 4.84. The zero-order chi connectivity index (χ0) is 15.6. The fourth-order valence-corrected chi connectivity index (χ4v) is 2.60. The van der Waals surface area contributed by atoms with Crippen molar-refractivity contribution in [2.45, 2.75) is 27.3 Å². The number of hydrogen-bond acceptors (Lipinski definition) is 1. The number of aryl methyl sites for hydroxylation is 3. The van der Waals surface area contributed by atoms with Crippen molar-refractivity contribution in [1.29, 1.82) is 0 Å². The van der Waals surface area contributed by atoms with Gasteiger partial charge >= 0.3 is 0 Å². The molecule has 110 valence electrons. The summed E-state index contributed by atoms with van der Waals surface area (Å²) in [5.74, 6) is 0.0468. The van der Waals surface area contributed by atoms with Gasteiger partial charge in [-0.2, -0.15) is 0 Å². The molecule has 1 amide bonds. The molecule has 0 bridgehead atoms. The predicted molar refractivity (Wildman–Crippen MR) is 90.6 cm³/mol. The van der Waals surface area contributed by atoms with E-state index in [1.54, 1.807) is 4.90 Å². The highest BCUT2D eigenvalue weighted by Crippen LogP contribution is 2.19. The van der Waals surface area contributed by atoms with Crippen molar-refractivity contribution in [2.24, 2.45) is 0 Å². The van der Waals surface area contributed by atoms with Gasteiger partial charge in [0.2, 0.25) is 0 Å². The molecule has 0 fully saturated rings. The van der Waals surface area contributed by atoms with E-state index in [9.17, 15) is 4.79 Å². The highest BCUT2D eigenvalue weighted by Gasteiger charge is 2.13. The molecule has 2 rings (SSSR count). The molecular weight excluding hydrogens is 326 g/mol. The summed E-state index contributed by atoms with van der Waals surface area (Å²) in [4.78, 5) is 14.3. The van der Waals surface area contributed by atoms with Crippen molar-refractivity contribution in [1.82, 2.24) is 4.90 Å². The number of carbonyl (C=O) groups is 1. The van der Waals surface area contributed by atoms with Gasteiger partial charge in [0.05, 0.1) is 0 Å². The zero-order valence-electron chi connectivity index (χ0n) is 12.9. The topological polar surface area (TPSA) is 20.3 Å². The molecule has 0 unspecified atom stereocenters. The van der Waals surface area contributed by atoms with Crippen LogP contribution in [0.3, 0.4) is 0 Å². The van der Waals surface area contributed by atoms with Crippen LogP contribution in [0.5, 0.6) is 0 Å². The summed E-state index contributed by atoms with van der Waals surface area (Å²) in [6.45, 7) is 6.78. The summed E-state index contributed by atoms with van der Waals surface area (Å²) < 4.78 is 1.02. The smallest absolute Gasteiger partial charge is 0.253 e. The minimum Gasteiger partial charge on any atom is -0.337 e. The zero-order valence-corrected chi connectivity index (χ0v) is 14.5. The number of rotatable bonds is 3. The number of benzene rings is 2. The van der Waals surface area contributed by atoms with E-state index in [4.69, 9.17) is 0 Å². The van der Waals surface area contributed by atoms with Gasteiger partial charge < -0.3 is 4.90 Å². The van der Waals surface area contributed by atoms with Crippen molar-refractivity contribution in [2.75, 3.05) is 7.05 Å². The molecule has 0 saturated heterocycles. The van der Waals surface area contributed by atoms with Crippen molar-refractivity contribution in [3.63, 3.8) is 0 Å². The first-order valence-electron chi connectivity index (χ1n) is 6.96. The molecule has 2 nitrogen and oxygen atoms in total. The Balaban J connectivity index is 2.17. The average Bonchev–Trinajstić information content (AvgIpc) is 2.44. The van der Waals surface area contributed by atoms with E-state index in [2.05, 4.69) is 48.0 Å². The Bertz CT molecular complexity index is 679. The fourth-order valence-electron chi connectivity index (χ4n) is 2.35. The first-order chi connectivity index (χ1) is 9.88. The lowest BCUT2D eigenvalue weighted by molar-refractivity contribution is 0.0785. The second-order valence-corrected chi connectivity index (χ2v) is 6.41.